The summed E-state index contributed by atoms with van der Waals surface area (Å²) in [4.78, 5) is 19.7. The standard InChI is InChI=1S/C20H18F3N8OSi/c1-10-27-17(32-31-10)14-4-3-11-12(7-25-16(11)28-14)15-13(20(21,22)23)8-26-18(29-15)30-19(33)5-2-6-24-9-19/h3-4,7-8,24H,2,5-6,9H2,1H3,(H,25,28)(H,26,29,30)/t19-/m0/s1. The van der Waals surface area contributed by atoms with Gasteiger partial charge in [0.2, 0.25) is 5.95 Å². The van der Waals surface area contributed by atoms with E-state index in [1.165, 1.54) is 6.20 Å². The van der Waals surface area contributed by atoms with Crippen molar-refractivity contribution in [2.24, 2.45) is 0 Å². The number of nitrogens with one attached hydrogen (secondary N) is 3. The number of anilines is 1. The molecule has 1 aliphatic rings. The maximum Gasteiger partial charge on any atom is 0.419 e. The monoisotopic (exact) mass is 471 g/mol. The minimum Gasteiger partial charge on any atom is -0.351 e. The topological polar surface area (TPSA) is 117 Å². The van der Waals surface area contributed by atoms with Gasteiger partial charge in [-0.3, -0.25) is 0 Å². The molecular weight excluding hydrogens is 453 g/mol. The molecule has 0 spiro atoms. The molecule has 3 N–H and O–H groups in total. The van der Waals surface area contributed by atoms with E-state index in [1.54, 1.807) is 19.1 Å². The van der Waals surface area contributed by atoms with E-state index in [2.05, 4.69) is 51.0 Å². The number of hydrogen-bond donors (Lipinski definition) is 3. The number of H-pyrrole nitrogens is 1. The number of aromatic nitrogens is 6. The molecule has 9 nitrogen and oxygen atoms in total. The number of piperidine rings is 1. The van der Waals surface area contributed by atoms with E-state index < -0.39 is 16.9 Å². The lowest BCUT2D eigenvalue weighted by atomic mass is 10.1. The summed E-state index contributed by atoms with van der Waals surface area (Å²) in [5, 5.41) is 10.0. The van der Waals surface area contributed by atoms with Crippen molar-refractivity contribution in [1.29, 1.82) is 0 Å². The Kier molecular flexibility index (Phi) is 5.16. The Balaban J connectivity index is 1.57. The minimum absolute atomic E-state index is 0.0944. The first kappa shape index (κ1) is 21.5. The zero-order chi connectivity index (χ0) is 23.2. The molecule has 0 unspecified atom stereocenters. The highest BCUT2D eigenvalue weighted by Gasteiger charge is 2.37. The van der Waals surface area contributed by atoms with Crippen molar-refractivity contribution in [2.45, 2.75) is 31.1 Å². The van der Waals surface area contributed by atoms with Gasteiger partial charge < -0.3 is 20.1 Å². The molecule has 4 aromatic heterocycles. The number of pyridine rings is 1. The van der Waals surface area contributed by atoms with Crippen LogP contribution in [0, 0.1) is 6.92 Å². The number of aromatic amines is 1. The van der Waals surface area contributed by atoms with E-state index >= 15 is 0 Å². The third-order valence-corrected chi connectivity index (χ3v) is 5.92. The van der Waals surface area contributed by atoms with Crippen molar-refractivity contribution in [1.82, 2.24) is 35.4 Å². The number of nitrogens with zero attached hydrogens (tertiary/aromatic N) is 5. The van der Waals surface area contributed by atoms with Crippen molar-refractivity contribution in [2.75, 3.05) is 18.4 Å². The van der Waals surface area contributed by atoms with Crippen molar-refractivity contribution in [3.05, 3.63) is 35.9 Å². The largest absolute Gasteiger partial charge is 0.419 e. The fraction of sp³-hybridized carbons (Fsp3) is 0.350. The van der Waals surface area contributed by atoms with Gasteiger partial charge in [0.15, 0.2) is 5.82 Å². The van der Waals surface area contributed by atoms with Crippen LogP contribution >= 0.6 is 0 Å². The summed E-state index contributed by atoms with van der Waals surface area (Å²) in [6.07, 6.45) is -0.707. The van der Waals surface area contributed by atoms with E-state index in [9.17, 15) is 13.2 Å². The Labute approximate surface area is 189 Å². The summed E-state index contributed by atoms with van der Waals surface area (Å²) in [6, 6.07) is 3.26. The van der Waals surface area contributed by atoms with Crippen LogP contribution in [0.2, 0.25) is 0 Å². The third-order valence-electron chi connectivity index (χ3n) is 5.37. The van der Waals surface area contributed by atoms with Crippen LogP contribution in [0.3, 0.4) is 0 Å². The van der Waals surface area contributed by atoms with E-state index in [4.69, 9.17) is 4.52 Å². The molecule has 0 saturated carbocycles. The van der Waals surface area contributed by atoms with Gasteiger partial charge in [-0.15, -0.1) is 0 Å². The van der Waals surface area contributed by atoms with Gasteiger partial charge in [0.05, 0.1) is 15.9 Å². The van der Waals surface area contributed by atoms with Crippen molar-refractivity contribution in [3.8, 4) is 22.8 Å². The van der Waals surface area contributed by atoms with E-state index in [-0.39, 0.29) is 23.1 Å². The fourth-order valence-corrected chi connectivity index (χ4v) is 4.22. The zero-order valence-corrected chi connectivity index (χ0v) is 18.4. The Morgan fingerprint density at radius 1 is 1.21 bits per heavy atom. The van der Waals surface area contributed by atoms with Gasteiger partial charge >= 0.3 is 6.18 Å². The van der Waals surface area contributed by atoms with Crippen LogP contribution in [0.25, 0.3) is 33.9 Å². The second-order valence-electron chi connectivity index (χ2n) is 7.88. The molecule has 5 rings (SSSR count). The van der Waals surface area contributed by atoms with Gasteiger partial charge in [0, 0.05) is 35.1 Å². The van der Waals surface area contributed by atoms with Crippen LogP contribution in [0.5, 0.6) is 0 Å². The molecule has 4 aromatic rings. The van der Waals surface area contributed by atoms with Gasteiger partial charge in [0.25, 0.3) is 5.89 Å². The van der Waals surface area contributed by atoms with Crippen molar-refractivity contribution in [3.63, 3.8) is 0 Å². The van der Waals surface area contributed by atoms with Gasteiger partial charge in [-0.2, -0.15) is 18.2 Å². The SMILES string of the molecule is Cc1noc(-c2ccc3c(-c4nc(N[C@]5([Si])CCCNC5)ncc4C(F)(F)F)c[nH]c3n2)n1. The fourth-order valence-electron chi connectivity index (χ4n) is 3.80. The second-order valence-corrected chi connectivity index (χ2v) is 8.84. The lowest BCUT2D eigenvalue weighted by Gasteiger charge is -2.35. The minimum atomic E-state index is -4.63. The Hall–Kier alpha value is -3.32. The summed E-state index contributed by atoms with van der Waals surface area (Å²) < 4.78 is 46.6. The molecule has 3 radical (unpaired) electrons. The summed E-state index contributed by atoms with van der Waals surface area (Å²) >= 11 is 0. The molecule has 0 bridgehead atoms. The van der Waals surface area contributed by atoms with Crippen LogP contribution in [-0.2, 0) is 6.18 Å². The lowest BCUT2D eigenvalue weighted by Crippen LogP contribution is -2.52. The Morgan fingerprint density at radius 2 is 2.06 bits per heavy atom. The van der Waals surface area contributed by atoms with Gasteiger partial charge in [-0.05, 0) is 38.4 Å². The first-order valence-electron chi connectivity index (χ1n) is 10.2. The highest BCUT2D eigenvalue weighted by molar-refractivity contribution is 6.17. The molecule has 1 saturated heterocycles. The molecule has 5 heterocycles. The van der Waals surface area contributed by atoms with Crippen LogP contribution in [-0.4, -0.2) is 58.6 Å². The van der Waals surface area contributed by atoms with Crippen LogP contribution in [0.4, 0.5) is 19.1 Å². The number of aryl methyl sites for hydroxylation is 1. The summed E-state index contributed by atoms with van der Waals surface area (Å²) in [5.41, 5.74) is -0.145. The number of alkyl halides is 3. The predicted molar refractivity (Wildman–Crippen MR) is 114 cm³/mol. The lowest BCUT2D eigenvalue weighted by molar-refractivity contribution is -0.137. The highest BCUT2D eigenvalue weighted by Crippen LogP contribution is 2.39. The van der Waals surface area contributed by atoms with Gasteiger partial charge in [-0.1, -0.05) is 5.16 Å². The quantitative estimate of drug-likeness (QED) is 0.389. The predicted octanol–water partition coefficient (Wildman–Crippen LogP) is 3.06. The molecule has 0 aliphatic carbocycles. The first-order valence-corrected chi connectivity index (χ1v) is 10.7. The average molecular weight is 471 g/mol. The van der Waals surface area contributed by atoms with Crippen LogP contribution < -0.4 is 10.6 Å². The number of rotatable bonds is 4. The normalized spacial score (nSPS) is 19.2. The average Bonchev–Trinajstić information content (AvgIpc) is 3.39. The zero-order valence-electron chi connectivity index (χ0n) is 17.4. The first-order chi connectivity index (χ1) is 15.7. The number of fused-ring (bicyclic) bond motifs is 1. The Morgan fingerprint density at radius 3 is 2.76 bits per heavy atom. The van der Waals surface area contributed by atoms with Crippen molar-refractivity contribution < 1.29 is 17.7 Å². The van der Waals surface area contributed by atoms with E-state index in [0.717, 1.165) is 25.6 Å². The maximum atomic E-state index is 13.8. The van der Waals surface area contributed by atoms with Crippen LogP contribution in [0.15, 0.2) is 29.0 Å². The van der Waals surface area contributed by atoms with E-state index in [0.29, 0.717) is 29.1 Å². The molecule has 1 fully saturated rings. The van der Waals surface area contributed by atoms with Crippen LogP contribution in [0.1, 0.15) is 24.2 Å². The summed E-state index contributed by atoms with van der Waals surface area (Å²) in [6.45, 7) is 3.14. The molecule has 1 aliphatic heterocycles. The molecular formula is C20H18F3N8OSi. The second kappa shape index (κ2) is 7.92. The summed E-state index contributed by atoms with van der Waals surface area (Å²) in [7, 11) is 3.68. The highest BCUT2D eigenvalue weighted by atomic mass is 28.1. The molecule has 0 aromatic carbocycles. The van der Waals surface area contributed by atoms with Crippen molar-refractivity contribution >= 4 is 27.2 Å². The smallest absolute Gasteiger partial charge is 0.351 e. The maximum absolute atomic E-state index is 13.8. The molecule has 33 heavy (non-hydrogen) atoms. The molecule has 13 heteroatoms. The Bertz CT molecular complexity index is 1310. The third kappa shape index (κ3) is 4.20. The molecule has 1 atom stereocenters. The van der Waals surface area contributed by atoms with Gasteiger partial charge in [0.1, 0.15) is 16.9 Å². The molecule has 169 valence electrons. The number of hydrogen-bond acceptors (Lipinski definition) is 8. The summed E-state index contributed by atoms with van der Waals surface area (Å²) in [5.74, 6) is 0.767. The molecule has 0 amide bonds. The van der Waals surface area contributed by atoms with E-state index in [1.807, 2.05) is 0 Å². The number of halogens is 3. The van der Waals surface area contributed by atoms with Gasteiger partial charge in [-0.25, -0.2) is 15.0 Å².